The Morgan fingerprint density at radius 3 is 3.16 bits per heavy atom. The smallest absolute Gasteiger partial charge is 0.0644 e. The second-order valence-electron chi connectivity index (χ2n) is 5.58. The molecular formula is C14H23N3OS. The number of hydrogen-bond acceptors (Lipinski definition) is 4. The van der Waals surface area contributed by atoms with Crippen molar-refractivity contribution >= 4 is 11.8 Å². The van der Waals surface area contributed by atoms with E-state index in [0.717, 1.165) is 11.7 Å². The highest BCUT2D eigenvalue weighted by molar-refractivity contribution is 8.00. The van der Waals surface area contributed by atoms with Gasteiger partial charge in [0.05, 0.1) is 19.3 Å². The predicted molar refractivity (Wildman–Crippen MR) is 78.5 cm³/mol. The zero-order chi connectivity index (χ0) is 13.2. The predicted octanol–water partition coefficient (Wildman–Crippen LogP) is 1.74. The maximum atomic E-state index is 9.09. The molecule has 0 radical (unpaired) electrons. The molecule has 3 unspecified atom stereocenters. The SMILES string of the molecule is CC1SCCC1NC1CCCc2c1cnn2CCO. The summed E-state index contributed by atoms with van der Waals surface area (Å²) < 4.78 is 1.98. The van der Waals surface area contributed by atoms with Gasteiger partial charge in [0.1, 0.15) is 0 Å². The van der Waals surface area contributed by atoms with E-state index in [1.165, 1.54) is 36.3 Å². The first-order valence-corrected chi connectivity index (χ1v) is 8.37. The molecule has 0 amide bonds. The van der Waals surface area contributed by atoms with Crippen LogP contribution in [0.25, 0.3) is 0 Å². The van der Waals surface area contributed by atoms with Crippen LogP contribution in [0, 0.1) is 0 Å². The number of aliphatic hydroxyl groups excluding tert-OH is 1. The summed E-state index contributed by atoms with van der Waals surface area (Å²) in [5.74, 6) is 1.28. The van der Waals surface area contributed by atoms with Gasteiger partial charge in [0.2, 0.25) is 0 Å². The third-order valence-corrected chi connectivity index (χ3v) is 5.69. The highest BCUT2D eigenvalue weighted by Crippen LogP contribution is 2.33. The zero-order valence-corrected chi connectivity index (χ0v) is 12.3. The van der Waals surface area contributed by atoms with E-state index < -0.39 is 0 Å². The lowest BCUT2D eigenvalue weighted by atomic mass is 9.92. The Bertz CT molecular complexity index is 434. The molecule has 1 aliphatic carbocycles. The van der Waals surface area contributed by atoms with E-state index >= 15 is 0 Å². The van der Waals surface area contributed by atoms with Gasteiger partial charge in [0.15, 0.2) is 0 Å². The fraction of sp³-hybridized carbons (Fsp3) is 0.786. The number of hydrogen-bond donors (Lipinski definition) is 2. The van der Waals surface area contributed by atoms with E-state index in [2.05, 4.69) is 29.1 Å². The van der Waals surface area contributed by atoms with Crippen LogP contribution in [0.5, 0.6) is 0 Å². The molecule has 5 heteroatoms. The molecule has 19 heavy (non-hydrogen) atoms. The quantitative estimate of drug-likeness (QED) is 0.882. The number of fused-ring (bicyclic) bond motifs is 1. The standard InChI is InChI=1S/C14H23N3OS/c1-10-12(5-8-19-10)16-13-3-2-4-14-11(13)9-15-17(14)6-7-18/h9-10,12-13,16,18H,2-8H2,1H3. The summed E-state index contributed by atoms with van der Waals surface area (Å²) in [4.78, 5) is 0. The number of rotatable bonds is 4. The lowest BCUT2D eigenvalue weighted by Gasteiger charge is -2.28. The molecule has 0 bridgehead atoms. The molecule has 2 N–H and O–H groups in total. The molecule has 1 aromatic heterocycles. The molecule has 2 aliphatic rings. The fourth-order valence-electron chi connectivity index (χ4n) is 3.29. The van der Waals surface area contributed by atoms with Gasteiger partial charge in [-0.2, -0.15) is 16.9 Å². The van der Waals surface area contributed by atoms with E-state index in [4.69, 9.17) is 5.11 Å². The van der Waals surface area contributed by atoms with Crippen molar-refractivity contribution in [3.05, 3.63) is 17.5 Å². The molecule has 1 aromatic rings. The Balaban J connectivity index is 1.75. The van der Waals surface area contributed by atoms with E-state index in [1.54, 1.807) is 0 Å². The van der Waals surface area contributed by atoms with Crippen LogP contribution in [0.2, 0.25) is 0 Å². The van der Waals surface area contributed by atoms with Crippen molar-refractivity contribution in [2.75, 3.05) is 12.4 Å². The van der Waals surface area contributed by atoms with Crippen molar-refractivity contribution < 1.29 is 5.11 Å². The van der Waals surface area contributed by atoms with Crippen LogP contribution in [0.15, 0.2) is 6.20 Å². The van der Waals surface area contributed by atoms with E-state index in [9.17, 15) is 0 Å². The molecule has 0 aromatic carbocycles. The summed E-state index contributed by atoms with van der Waals surface area (Å²) in [5.41, 5.74) is 2.69. The Kier molecular flexibility index (Phi) is 4.15. The van der Waals surface area contributed by atoms with Crippen molar-refractivity contribution in [1.29, 1.82) is 0 Å². The summed E-state index contributed by atoms with van der Waals surface area (Å²) in [5, 5.41) is 18.1. The summed E-state index contributed by atoms with van der Waals surface area (Å²) in [7, 11) is 0. The van der Waals surface area contributed by atoms with Crippen LogP contribution in [0.1, 0.15) is 43.5 Å². The van der Waals surface area contributed by atoms with E-state index in [1.807, 2.05) is 10.9 Å². The van der Waals surface area contributed by atoms with Crippen LogP contribution in [-0.4, -0.2) is 38.5 Å². The van der Waals surface area contributed by atoms with Gasteiger partial charge in [0, 0.05) is 28.6 Å². The van der Waals surface area contributed by atoms with Crippen molar-refractivity contribution in [3.63, 3.8) is 0 Å². The maximum Gasteiger partial charge on any atom is 0.0644 e. The van der Waals surface area contributed by atoms with Gasteiger partial charge < -0.3 is 10.4 Å². The van der Waals surface area contributed by atoms with Gasteiger partial charge in [0.25, 0.3) is 0 Å². The van der Waals surface area contributed by atoms with E-state index in [-0.39, 0.29) is 6.61 Å². The number of aromatic nitrogens is 2. The van der Waals surface area contributed by atoms with Crippen molar-refractivity contribution in [1.82, 2.24) is 15.1 Å². The molecule has 3 atom stereocenters. The summed E-state index contributed by atoms with van der Waals surface area (Å²) in [6.07, 6.45) is 6.82. The van der Waals surface area contributed by atoms with Crippen LogP contribution in [-0.2, 0) is 13.0 Å². The first-order valence-electron chi connectivity index (χ1n) is 7.32. The van der Waals surface area contributed by atoms with Crippen LogP contribution in [0.3, 0.4) is 0 Å². The minimum absolute atomic E-state index is 0.169. The molecule has 1 aliphatic heterocycles. The average Bonchev–Trinajstić information content (AvgIpc) is 2.99. The van der Waals surface area contributed by atoms with Gasteiger partial charge in [-0.15, -0.1) is 0 Å². The first-order chi connectivity index (χ1) is 9.29. The minimum atomic E-state index is 0.169. The number of thioether (sulfide) groups is 1. The van der Waals surface area contributed by atoms with Crippen LogP contribution >= 0.6 is 11.8 Å². The van der Waals surface area contributed by atoms with Gasteiger partial charge in [-0.05, 0) is 31.4 Å². The largest absolute Gasteiger partial charge is 0.394 e. The molecular weight excluding hydrogens is 258 g/mol. The number of nitrogens with one attached hydrogen (secondary N) is 1. The second-order valence-corrected chi connectivity index (χ2v) is 7.06. The highest BCUT2D eigenvalue weighted by atomic mass is 32.2. The molecule has 2 heterocycles. The molecule has 1 saturated heterocycles. The van der Waals surface area contributed by atoms with Crippen molar-refractivity contribution in [2.24, 2.45) is 0 Å². The fourth-order valence-corrected chi connectivity index (χ4v) is 4.50. The number of aliphatic hydroxyl groups is 1. The molecule has 1 fully saturated rings. The summed E-state index contributed by atoms with van der Waals surface area (Å²) in [6, 6.07) is 1.10. The maximum absolute atomic E-state index is 9.09. The Morgan fingerprint density at radius 2 is 2.42 bits per heavy atom. The number of nitrogens with zero attached hydrogens (tertiary/aromatic N) is 2. The van der Waals surface area contributed by atoms with Crippen molar-refractivity contribution in [2.45, 2.75) is 56.5 Å². The third-order valence-electron chi connectivity index (χ3n) is 4.37. The molecule has 4 nitrogen and oxygen atoms in total. The lowest BCUT2D eigenvalue weighted by Crippen LogP contribution is -2.37. The van der Waals surface area contributed by atoms with Gasteiger partial charge in [-0.25, -0.2) is 0 Å². The topological polar surface area (TPSA) is 50.1 Å². The monoisotopic (exact) mass is 281 g/mol. The summed E-state index contributed by atoms with van der Waals surface area (Å²) in [6.45, 7) is 3.12. The minimum Gasteiger partial charge on any atom is -0.394 e. The third kappa shape index (κ3) is 2.69. The molecule has 106 valence electrons. The molecule has 3 rings (SSSR count). The first kappa shape index (κ1) is 13.5. The average molecular weight is 281 g/mol. The van der Waals surface area contributed by atoms with Gasteiger partial charge in [-0.1, -0.05) is 6.92 Å². The highest BCUT2D eigenvalue weighted by Gasteiger charge is 2.30. The lowest BCUT2D eigenvalue weighted by molar-refractivity contribution is 0.266. The van der Waals surface area contributed by atoms with Gasteiger partial charge >= 0.3 is 0 Å². The van der Waals surface area contributed by atoms with Crippen LogP contribution in [0.4, 0.5) is 0 Å². The van der Waals surface area contributed by atoms with Gasteiger partial charge in [-0.3, -0.25) is 4.68 Å². The normalized spacial score (nSPS) is 30.5. The Labute approximate surface area is 119 Å². The van der Waals surface area contributed by atoms with Crippen LogP contribution < -0.4 is 5.32 Å². The Morgan fingerprint density at radius 1 is 1.53 bits per heavy atom. The zero-order valence-electron chi connectivity index (χ0n) is 11.5. The van der Waals surface area contributed by atoms with Crippen molar-refractivity contribution in [3.8, 4) is 0 Å². The Hall–Kier alpha value is -0.520. The molecule has 0 spiro atoms. The second kappa shape index (κ2) is 5.85. The molecule has 0 saturated carbocycles. The van der Waals surface area contributed by atoms with E-state index in [0.29, 0.717) is 18.6 Å². The summed E-state index contributed by atoms with van der Waals surface area (Å²) >= 11 is 2.07.